The number of rotatable bonds is 4. The molecule has 0 saturated carbocycles. The van der Waals surface area contributed by atoms with Crippen LogP contribution >= 0.6 is 0 Å². The number of anilines is 1. The summed E-state index contributed by atoms with van der Waals surface area (Å²) in [6, 6.07) is 9.33. The number of pyridine rings is 1. The molecule has 1 amide bonds. The fourth-order valence-corrected chi connectivity index (χ4v) is 2.81. The zero-order valence-electron chi connectivity index (χ0n) is 13.5. The first-order chi connectivity index (χ1) is 11.9. The smallest absolute Gasteiger partial charge is 0.222 e. The van der Waals surface area contributed by atoms with Gasteiger partial charge in [-0.3, -0.25) is 9.00 Å². The number of aromatic amines is 1. The highest BCUT2D eigenvalue weighted by atomic mass is 32.2. The predicted octanol–water partition coefficient (Wildman–Crippen LogP) is 2.97. The van der Waals surface area contributed by atoms with Crippen LogP contribution in [0.1, 0.15) is 6.92 Å². The Hall–Kier alpha value is -2.87. The first-order valence-electron chi connectivity index (χ1n) is 7.37. The fourth-order valence-electron chi connectivity index (χ4n) is 2.35. The Labute approximate surface area is 146 Å². The van der Waals surface area contributed by atoms with E-state index in [0.717, 1.165) is 0 Å². The van der Waals surface area contributed by atoms with Crippen LogP contribution in [0.3, 0.4) is 0 Å². The predicted molar refractivity (Wildman–Crippen MR) is 93.8 cm³/mol. The van der Waals surface area contributed by atoms with E-state index in [1.165, 1.54) is 25.3 Å². The van der Waals surface area contributed by atoms with Crippen molar-refractivity contribution < 1.29 is 13.4 Å². The summed E-state index contributed by atoms with van der Waals surface area (Å²) in [7, 11) is -1.31. The van der Waals surface area contributed by atoms with Gasteiger partial charge in [0.15, 0.2) is 5.16 Å². The SMILES string of the molecule is CC(=O)Nc1cc(-c2nc([S@@](C)=O)[nH]c2-c2ccc(F)cc2)ccn1. The van der Waals surface area contributed by atoms with Crippen LogP contribution in [-0.4, -0.2) is 31.3 Å². The Kier molecular flexibility index (Phi) is 4.71. The van der Waals surface area contributed by atoms with Crippen molar-refractivity contribution in [3.05, 3.63) is 48.4 Å². The molecule has 1 aromatic carbocycles. The second-order valence-electron chi connectivity index (χ2n) is 5.34. The summed E-state index contributed by atoms with van der Waals surface area (Å²) < 4.78 is 25.0. The number of carbonyl (C=O) groups excluding carboxylic acids is 1. The van der Waals surface area contributed by atoms with E-state index in [4.69, 9.17) is 0 Å². The molecule has 0 saturated heterocycles. The lowest BCUT2D eigenvalue weighted by Crippen LogP contribution is -2.07. The van der Waals surface area contributed by atoms with Crippen LogP contribution in [0.4, 0.5) is 10.2 Å². The third kappa shape index (κ3) is 3.80. The molecule has 0 radical (unpaired) electrons. The highest BCUT2D eigenvalue weighted by Crippen LogP contribution is 2.31. The summed E-state index contributed by atoms with van der Waals surface area (Å²) in [5, 5.41) is 2.93. The highest BCUT2D eigenvalue weighted by molar-refractivity contribution is 7.84. The van der Waals surface area contributed by atoms with E-state index < -0.39 is 10.8 Å². The zero-order valence-corrected chi connectivity index (χ0v) is 14.4. The molecule has 128 valence electrons. The maximum absolute atomic E-state index is 13.2. The minimum absolute atomic E-state index is 0.235. The van der Waals surface area contributed by atoms with Gasteiger partial charge >= 0.3 is 0 Å². The molecule has 3 rings (SSSR count). The first kappa shape index (κ1) is 17.0. The van der Waals surface area contributed by atoms with Gasteiger partial charge in [-0.15, -0.1) is 0 Å². The Morgan fingerprint density at radius 1 is 1.20 bits per heavy atom. The van der Waals surface area contributed by atoms with Crippen LogP contribution in [-0.2, 0) is 15.6 Å². The average molecular weight is 358 g/mol. The molecule has 2 aromatic heterocycles. The Bertz CT molecular complexity index is 954. The van der Waals surface area contributed by atoms with Crippen LogP contribution in [0.2, 0.25) is 0 Å². The molecule has 8 heteroatoms. The third-order valence-electron chi connectivity index (χ3n) is 3.42. The minimum Gasteiger partial charge on any atom is -0.330 e. The summed E-state index contributed by atoms with van der Waals surface area (Å²) >= 11 is 0. The van der Waals surface area contributed by atoms with Crippen LogP contribution in [0, 0.1) is 5.82 Å². The quantitative estimate of drug-likeness (QED) is 0.750. The number of hydrogen-bond acceptors (Lipinski definition) is 4. The van der Waals surface area contributed by atoms with Crippen molar-refractivity contribution in [1.82, 2.24) is 15.0 Å². The van der Waals surface area contributed by atoms with E-state index in [0.29, 0.717) is 33.5 Å². The number of aromatic nitrogens is 3. The van der Waals surface area contributed by atoms with Crippen molar-refractivity contribution in [2.75, 3.05) is 11.6 Å². The molecule has 3 aromatic rings. The number of hydrogen-bond donors (Lipinski definition) is 2. The molecule has 2 heterocycles. The molecule has 25 heavy (non-hydrogen) atoms. The average Bonchev–Trinajstić information content (AvgIpc) is 3.01. The molecule has 0 aliphatic rings. The molecule has 0 unspecified atom stereocenters. The molecule has 6 nitrogen and oxygen atoms in total. The molecular weight excluding hydrogens is 343 g/mol. The standard InChI is InChI=1S/C17H15FN4O2S/c1-10(23)20-14-9-12(7-8-19-14)16-15(21-17(22-16)25(2)24)11-3-5-13(18)6-4-11/h3-9H,1-2H3,(H,21,22)(H,19,20,23)/t25-/m1/s1. The molecule has 0 aliphatic carbocycles. The minimum atomic E-state index is -1.31. The van der Waals surface area contributed by atoms with Gasteiger partial charge in [-0.2, -0.15) is 0 Å². The van der Waals surface area contributed by atoms with Crippen LogP contribution in [0.25, 0.3) is 22.5 Å². The van der Waals surface area contributed by atoms with Gasteiger partial charge in [0.05, 0.1) is 22.2 Å². The molecule has 2 N–H and O–H groups in total. The summed E-state index contributed by atoms with van der Waals surface area (Å²) in [4.78, 5) is 22.8. The zero-order chi connectivity index (χ0) is 18.0. The van der Waals surface area contributed by atoms with Gasteiger partial charge in [0.1, 0.15) is 11.6 Å². The second kappa shape index (κ2) is 6.94. The van der Waals surface area contributed by atoms with E-state index in [-0.39, 0.29) is 11.7 Å². The maximum atomic E-state index is 13.2. The van der Waals surface area contributed by atoms with Crippen LogP contribution in [0.5, 0.6) is 0 Å². The fraction of sp³-hybridized carbons (Fsp3) is 0.118. The summed E-state index contributed by atoms with van der Waals surface area (Å²) in [6.07, 6.45) is 3.07. The number of carbonyl (C=O) groups is 1. The molecule has 0 aliphatic heterocycles. The van der Waals surface area contributed by atoms with Crippen molar-refractivity contribution in [3.8, 4) is 22.5 Å². The lowest BCUT2D eigenvalue weighted by Gasteiger charge is -2.06. The van der Waals surface area contributed by atoms with E-state index in [2.05, 4.69) is 20.3 Å². The lowest BCUT2D eigenvalue weighted by molar-refractivity contribution is -0.114. The normalized spacial score (nSPS) is 12.0. The molecule has 0 fully saturated rings. The highest BCUT2D eigenvalue weighted by Gasteiger charge is 2.16. The number of H-pyrrole nitrogens is 1. The van der Waals surface area contributed by atoms with E-state index in [9.17, 15) is 13.4 Å². The monoisotopic (exact) mass is 358 g/mol. The number of nitrogens with zero attached hydrogens (tertiary/aromatic N) is 2. The van der Waals surface area contributed by atoms with Gasteiger partial charge in [-0.05, 0) is 36.4 Å². The number of imidazole rings is 1. The Balaban J connectivity index is 2.13. The maximum Gasteiger partial charge on any atom is 0.222 e. The second-order valence-corrected chi connectivity index (χ2v) is 6.63. The topological polar surface area (TPSA) is 87.7 Å². The van der Waals surface area contributed by atoms with Crippen molar-refractivity contribution in [3.63, 3.8) is 0 Å². The van der Waals surface area contributed by atoms with E-state index in [1.807, 2.05) is 0 Å². The van der Waals surface area contributed by atoms with Gasteiger partial charge in [-0.25, -0.2) is 14.4 Å². The van der Waals surface area contributed by atoms with Gasteiger partial charge in [0.25, 0.3) is 0 Å². The third-order valence-corrected chi connectivity index (χ3v) is 4.16. The van der Waals surface area contributed by atoms with Gasteiger partial charge in [0.2, 0.25) is 5.91 Å². The van der Waals surface area contributed by atoms with E-state index >= 15 is 0 Å². The molecular formula is C17H15FN4O2S. The van der Waals surface area contributed by atoms with Crippen molar-refractivity contribution in [2.45, 2.75) is 12.1 Å². The lowest BCUT2D eigenvalue weighted by atomic mass is 10.1. The number of halogens is 1. The number of amides is 1. The van der Waals surface area contributed by atoms with Crippen molar-refractivity contribution >= 4 is 22.5 Å². The Morgan fingerprint density at radius 3 is 2.56 bits per heavy atom. The Morgan fingerprint density at radius 2 is 1.92 bits per heavy atom. The van der Waals surface area contributed by atoms with Gasteiger partial charge in [-0.1, -0.05) is 0 Å². The number of nitrogens with one attached hydrogen (secondary N) is 2. The summed E-state index contributed by atoms with van der Waals surface area (Å²) in [5.41, 5.74) is 2.56. The van der Waals surface area contributed by atoms with Crippen molar-refractivity contribution in [1.29, 1.82) is 0 Å². The summed E-state index contributed by atoms with van der Waals surface area (Å²) in [6.45, 7) is 1.39. The molecule has 0 bridgehead atoms. The van der Waals surface area contributed by atoms with E-state index in [1.54, 1.807) is 30.5 Å². The van der Waals surface area contributed by atoms with Gasteiger partial charge in [0, 0.05) is 30.5 Å². The van der Waals surface area contributed by atoms with Gasteiger partial charge < -0.3 is 10.3 Å². The summed E-state index contributed by atoms with van der Waals surface area (Å²) in [5.74, 6) is -0.195. The van der Waals surface area contributed by atoms with Crippen molar-refractivity contribution in [2.24, 2.45) is 0 Å². The van der Waals surface area contributed by atoms with Crippen LogP contribution in [0.15, 0.2) is 47.8 Å². The number of benzene rings is 1. The molecule has 1 atom stereocenters. The molecule has 0 spiro atoms. The largest absolute Gasteiger partial charge is 0.330 e. The first-order valence-corrected chi connectivity index (χ1v) is 8.93. The van der Waals surface area contributed by atoms with Crippen LogP contribution < -0.4 is 5.32 Å².